The zero-order chi connectivity index (χ0) is 12.0. The Bertz CT molecular complexity index is 591. The van der Waals surface area contributed by atoms with Crippen LogP contribution < -0.4 is 0 Å². The fraction of sp³-hybridized carbons (Fsp3) is 0.357. The summed E-state index contributed by atoms with van der Waals surface area (Å²) in [5.74, 6) is 0.146. The van der Waals surface area contributed by atoms with E-state index in [2.05, 4.69) is 30.5 Å². The van der Waals surface area contributed by atoms with Gasteiger partial charge in [-0.2, -0.15) is 0 Å². The minimum atomic E-state index is 0.146. The van der Waals surface area contributed by atoms with Crippen molar-refractivity contribution in [3.63, 3.8) is 0 Å². The molecule has 1 aromatic heterocycles. The van der Waals surface area contributed by atoms with Gasteiger partial charge in [0.2, 0.25) is 0 Å². The molecule has 16 heavy (non-hydrogen) atoms. The third-order valence-electron chi connectivity index (χ3n) is 3.27. The predicted octanol–water partition coefficient (Wildman–Crippen LogP) is 3.31. The van der Waals surface area contributed by atoms with Gasteiger partial charge in [-0.1, -0.05) is 11.6 Å². The number of hydrogen-bond acceptors (Lipinski definition) is 1. The lowest BCUT2D eigenvalue weighted by molar-refractivity contribution is 0.101. The summed E-state index contributed by atoms with van der Waals surface area (Å²) in [5.41, 5.74) is 5.53. The number of ketones is 1. The van der Waals surface area contributed by atoms with E-state index in [0.29, 0.717) is 0 Å². The van der Waals surface area contributed by atoms with Crippen LogP contribution in [0.3, 0.4) is 0 Å². The molecule has 0 saturated carbocycles. The maximum Gasteiger partial charge on any atom is 0.162 e. The minimum Gasteiger partial charge on any atom is -0.347 e. The van der Waals surface area contributed by atoms with Crippen LogP contribution in [0.25, 0.3) is 10.9 Å². The zero-order valence-electron chi connectivity index (χ0n) is 10.5. The molecule has 0 atom stereocenters. The monoisotopic (exact) mass is 215 g/mol. The van der Waals surface area contributed by atoms with E-state index >= 15 is 0 Å². The van der Waals surface area contributed by atoms with Crippen molar-refractivity contribution in [1.82, 2.24) is 4.57 Å². The summed E-state index contributed by atoms with van der Waals surface area (Å²) >= 11 is 0. The Morgan fingerprint density at radius 2 is 1.81 bits per heavy atom. The van der Waals surface area contributed by atoms with Crippen molar-refractivity contribution in [2.75, 3.05) is 0 Å². The predicted molar refractivity (Wildman–Crippen MR) is 67.1 cm³/mol. The van der Waals surface area contributed by atoms with Crippen LogP contribution in [0.4, 0.5) is 0 Å². The highest BCUT2D eigenvalue weighted by atomic mass is 16.1. The van der Waals surface area contributed by atoms with E-state index in [4.69, 9.17) is 0 Å². The highest BCUT2D eigenvalue weighted by molar-refractivity contribution is 6.09. The number of nitrogens with zero attached hydrogens (tertiary/aromatic N) is 1. The average Bonchev–Trinajstić information content (AvgIpc) is 2.38. The summed E-state index contributed by atoms with van der Waals surface area (Å²) in [4.78, 5) is 11.7. The fourth-order valence-electron chi connectivity index (χ4n) is 2.57. The maximum atomic E-state index is 11.7. The van der Waals surface area contributed by atoms with Crippen LogP contribution in [0, 0.1) is 20.8 Å². The van der Waals surface area contributed by atoms with Gasteiger partial charge in [-0.15, -0.1) is 0 Å². The van der Waals surface area contributed by atoms with E-state index in [1.54, 1.807) is 6.92 Å². The van der Waals surface area contributed by atoms with Crippen molar-refractivity contribution >= 4 is 16.7 Å². The highest BCUT2D eigenvalue weighted by Crippen LogP contribution is 2.28. The molecule has 1 heterocycles. The van der Waals surface area contributed by atoms with Gasteiger partial charge in [0, 0.05) is 23.7 Å². The van der Waals surface area contributed by atoms with Gasteiger partial charge in [-0.25, -0.2) is 0 Å². The number of aromatic nitrogens is 1. The summed E-state index contributed by atoms with van der Waals surface area (Å²) in [6, 6.07) is 4.26. The van der Waals surface area contributed by atoms with Gasteiger partial charge in [0.25, 0.3) is 0 Å². The van der Waals surface area contributed by atoms with Gasteiger partial charge in [-0.05, 0) is 39.3 Å². The SMILES string of the molecule is CC(=O)c1c(C)n(C)c2c(C)cc(C)cc12. The summed E-state index contributed by atoms with van der Waals surface area (Å²) in [6.45, 7) is 7.81. The molecule has 1 aromatic carbocycles. The van der Waals surface area contributed by atoms with Crippen molar-refractivity contribution in [3.8, 4) is 0 Å². The molecule has 0 aliphatic rings. The molecule has 0 saturated heterocycles. The van der Waals surface area contributed by atoms with Crippen LogP contribution in [-0.2, 0) is 7.05 Å². The number of Topliss-reactive ketones (excluding diaryl/α,β-unsaturated/α-hetero) is 1. The number of aryl methyl sites for hydroxylation is 3. The number of carbonyl (C=O) groups excluding carboxylic acids is 1. The summed E-state index contributed by atoms with van der Waals surface area (Å²) < 4.78 is 2.11. The largest absolute Gasteiger partial charge is 0.347 e. The summed E-state index contributed by atoms with van der Waals surface area (Å²) in [7, 11) is 2.02. The maximum absolute atomic E-state index is 11.7. The Balaban J connectivity index is 3.02. The second-order valence-electron chi connectivity index (χ2n) is 4.55. The van der Waals surface area contributed by atoms with Crippen LogP contribution in [0.1, 0.15) is 34.1 Å². The van der Waals surface area contributed by atoms with E-state index in [1.807, 2.05) is 14.0 Å². The van der Waals surface area contributed by atoms with Gasteiger partial charge in [0.05, 0.1) is 5.52 Å². The Kier molecular flexibility index (Phi) is 2.38. The molecule has 0 N–H and O–H groups in total. The van der Waals surface area contributed by atoms with Gasteiger partial charge >= 0.3 is 0 Å². The number of carbonyl (C=O) groups is 1. The lowest BCUT2D eigenvalue weighted by Gasteiger charge is -2.03. The fourth-order valence-corrected chi connectivity index (χ4v) is 2.57. The molecule has 84 valence electrons. The smallest absolute Gasteiger partial charge is 0.162 e. The van der Waals surface area contributed by atoms with Crippen LogP contribution in [0.15, 0.2) is 12.1 Å². The highest BCUT2D eigenvalue weighted by Gasteiger charge is 2.16. The van der Waals surface area contributed by atoms with Gasteiger partial charge in [0.15, 0.2) is 5.78 Å². The molecule has 0 bridgehead atoms. The number of rotatable bonds is 1. The van der Waals surface area contributed by atoms with E-state index in [0.717, 1.165) is 16.6 Å². The second kappa shape index (κ2) is 3.48. The molecule has 2 rings (SSSR count). The average molecular weight is 215 g/mol. The first kappa shape index (κ1) is 10.9. The molecular weight excluding hydrogens is 198 g/mol. The topological polar surface area (TPSA) is 22.0 Å². The quantitative estimate of drug-likeness (QED) is 0.669. The molecule has 0 spiro atoms. The van der Waals surface area contributed by atoms with E-state index in [-0.39, 0.29) is 5.78 Å². The second-order valence-corrected chi connectivity index (χ2v) is 4.55. The minimum absolute atomic E-state index is 0.146. The van der Waals surface area contributed by atoms with E-state index in [1.165, 1.54) is 16.6 Å². The van der Waals surface area contributed by atoms with Gasteiger partial charge in [0.1, 0.15) is 0 Å². The van der Waals surface area contributed by atoms with Crippen molar-refractivity contribution in [3.05, 3.63) is 34.5 Å². The van der Waals surface area contributed by atoms with Crippen LogP contribution in [0.5, 0.6) is 0 Å². The molecule has 0 aliphatic carbocycles. The molecule has 0 fully saturated rings. The first-order valence-electron chi connectivity index (χ1n) is 5.50. The van der Waals surface area contributed by atoms with Crippen LogP contribution in [0.2, 0.25) is 0 Å². The Morgan fingerprint density at radius 1 is 1.19 bits per heavy atom. The van der Waals surface area contributed by atoms with Crippen LogP contribution in [-0.4, -0.2) is 10.4 Å². The molecule has 2 aromatic rings. The third kappa shape index (κ3) is 1.37. The van der Waals surface area contributed by atoms with Crippen molar-refractivity contribution in [1.29, 1.82) is 0 Å². The Hall–Kier alpha value is -1.57. The van der Waals surface area contributed by atoms with Crippen molar-refractivity contribution in [2.45, 2.75) is 27.7 Å². The Morgan fingerprint density at radius 3 is 2.38 bits per heavy atom. The summed E-state index contributed by atoms with van der Waals surface area (Å²) in [6.07, 6.45) is 0. The van der Waals surface area contributed by atoms with Crippen molar-refractivity contribution < 1.29 is 4.79 Å². The lowest BCUT2D eigenvalue weighted by Crippen LogP contribution is -1.96. The molecule has 0 unspecified atom stereocenters. The normalized spacial score (nSPS) is 11.1. The molecule has 0 radical (unpaired) electrons. The first-order chi connectivity index (χ1) is 7.43. The van der Waals surface area contributed by atoms with Crippen molar-refractivity contribution in [2.24, 2.45) is 7.05 Å². The summed E-state index contributed by atoms with van der Waals surface area (Å²) in [5, 5.41) is 1.09. The molecule has 0 amide bonds. The van der Waals surface area contributed by atoms with Crippen LogP contribution >= 0.6 is 0 Å². The first-order valence-corrected chi connectivity index (χ1v) is 5.50. The molecule has 2 nitrogen and oxygen atoms in total. The van der Waals surface area contributed by atoms with E-state index in [9.17, 15) is 4.79 Å². The lowest BCUT2D eigenvalue weighted by atomic mass is 10.0. The number of fused-ring (bicyclic) bond motifs is 1. The number of hydrogen-bond donors (Lipinski definition) is 0. The van der Waals surface area contributed by atoms with Gasteiger partial charge < -0.3 is 4.57 Å². The zero-order valence-corrected chi connectivity index (χ0v) is 10.5. The standard InChI is InChI=1S/C14H17NO/c1-8-6-9(2)14-12(7-8)13(11(4)16)10(3)15(14)5/h6-7H,1-5H3. The molecular formula is C14H17NO. The third-order valence-corrected chi connectivity index (χ3v) is 3.27. The Labute approximate surface area is 95.9 Å². The number of benzene rings is 1. The van der Waals surface area contributed by atoms with E-state index < -0.39 is 0 Å². The van der Waals surface area contributed by atoms with Gasteiger partial charge in [-0.3, -0.25) is 4.79 Å². The molecule has 0 aliphatic heterocycles. The molecule has 2 heteroatoms.